The number of amides is 1. The van der Waals surface area contributed by atoms with E-state index >= 15 is 0 Å². The van der Waals surface area contributed by atoms with Crippen molar-refractivity contribution in [2.45, 2.75) is 63.9 Å². The Morgan fingerprint density at radius 2 is 1.67 bits per heavy atom. The van der Waals surface area contributed by atoms with E-state index in [0.717, 1.165) is 17.5 Å². The van der Waals surface area contributed by atoms with E-state index < -0.39 is 11.0 Å². The highest BCUT2D eigenvalue weighted by Crippen LogP contribution is 2.31. The number of nitrogens with zero attached hydrogens (tertiary/aromatic N) is 4. The van der Waals surface area contributed by atoms with Gasteiger partial charge in [0.25, 0.3) is 5.69 Å². The molecule has 10 heteroatoms. The molecule has 0 bridgehead atoms. The maximum Gasteiger partial charge on any atom is 0.269 e. The van der Waals surface area contributed by atoms with Gasteiger partial charge in [0.05, 0.1) is 11.0 Å². The van der Waals surface area contributed by atoms with Crippen molar-refractivity contribution in [2.24, 2.45) is 11.3 Å². The first-order chi connectivity index (χ1) is 20.0. The Balaban J connectivity index is 1.70. The number of thioether (sulfide) groups is 1. The summed E-state index contributed by atoms with van der Waals surface area (Å²) in [5, 5.41) is 24.1. The molecule has 1 aromatic heterocycles. The number of halogens is 1. The lowest BCUT2D eigenvalue weighted by molar-refractivity contribution is -0.384. The van der Waals surface area contributed by atoms with Crippen LogP contribution < -0.4 is 5.32 Å². The Morgan fingerprint density at radius 1 is 1.00 bits per heavy atom. The fourth-order valence-corrected chi connectivity index (χ4v) is 5.95. The maximum atomic E-state index is 13.4. The molecule has 3 aromatic carbocycles. The molecule has 1 heterocycles. The molecule has 8 nitrogen and oxygen atoms in total. The highest BCUT2D eigenvalue weighted by Gasteiger charge is 2.26. The van der Waals surface area contributed by atoms with Gasteiger partial charge in [-0.1, -0.05) is 81.9 Å². The number of nitro benzene ring substituents is 1. The first-order valence-corrected chi connectivity index (χ1v) is 14.9. The number of rotatable bonds is 12. The number of non-ortho nitro benzene ring substituents is 1. The number of hydrogen-bond acceptors (Lipinski definition) is 6. The SMILES string of the molecule is CC(CC(=O)NC(Cc1ccccc1)c1nnc(SCc2ccc(F)cc2)n1-c1ccc([N+](=O)[O-])cc1)CC(C)(C)C. The molecular formula is C32H36FN5O3S. The summed E-state index contributed by atoms with van der Waals surface area (Å²) in [6, 6.07) is 21.8. The second-order valence-corrected chi connectivity index (χ2v) is 12.7. The number of nitrogens with one attached hydrogen (secondary N) is 1. The Morgan fingerprint density at radius 3 is 2.29 bits per heavy atom. The Hall–Kier alpha value is -4.05. The normalized spacial score (nSPS) is 13.0. The second-order valence-electron chi connectivity index (χ2n) is 11.7. The maximum absolute atomic E-state index is 13.4. The Labute approximate surface area is 249 Å². The van der Waals surface area contributed by atoms with Crippen LogP contribution in [0, 0.1) is 27.3 Å². The molecule has 0 saturated heterocycles. The number of carbonyl (C=O) groups is 1. The zero-order chi connectivity index (χ0) is 30.3. The van der Waals surface area contributed by atoms with Gasteiger partial charge in [-0.25, -0.2) is 4.39 Å². The van der Waals surface area contributed by atoms with Crippen LogP contribution in [0.1, 0.15) is 63.5 Å². The van der Waals surface area contributed by atoms with Crippen molar-refractivity contribution in [3.63, 3.8) is 0 Å². The van der Waals surface area contributed by atoms with Crippen LogP contribution >= 0.6 is 11.8 Å². The highest BCUT2D eigenvalue weighted by atomic mass is 32.2. The molecule has 0 aliphatic rings. The van der Waals surface area contributed by atoms with Crippen molar-refractivity contribution in [1.29, 1.82) is 0 Å². The fraction of sp³-hybridized carbons (Fsp3) is 0.344. The molecule has 42 heavy (non-hydrogen) atoms. The third kappa shape index (κ3) is 8.72. The highest BCUT2D eigenvalue weighted by molar-refractivity contribution is 7.98. The summed E-state index contributed by atoms with van der Waals surface area (Å²) in [5.41, 5.74) is 2.63. The summed E-state index contributed by atoms with van der Waals surface area (Å²) in [7, 11) is 0. The van der Waals surface area contributed by atoms with Gasteiger partial charge in [0.2, 0.25) is 5.91 Å². The van der Waals surface area contributed by atoms with Gasteiger partial charge in [-0.15, -0.1) is 10.2 Å². The minimum absolute atomic E-state index is 0.0316. The topological polar surface area (TPSA) is 103 Å². The van der Waals surface area contributed by atoms with E-state index in [1.807, 2.05) is 34.9 Å². The zero-order valence-corrected chi connectivity index (χ0v) is 25.1. The van der Waals surface area contributed by atoms with Crippen molar-refractivity contribution in [3.8, 4) is 5.69 Å². The molecule has 0 aliphatic carbocycles. The predicted octanol–water partition coefficient (Wildman–Crippen LogP) is 7.47. The molecule has 2 unspecified atom stereocenters. The predicted molar refractivity (Wildman–Crippen MR) is 163 cm³/mol. The Bertz CT molecular complexity index is 1490. The molecular weight excluding hydrogens is 553 g/mol. The summed E-state index contributed by atoms with van der Waals surface area (Å²) in [5.74, 6) is 0.830. The number of hydrogen-bond donors (Lipinski definition) is 1. The molecule has 0 aliphatic heterocycles. The van der Waals surface area contributed by atoms with Crippen LogP contribution in [0.15, 0.2) is 84.0 Å². The lowest BCUT2D eigenvalue weighted by atomic mass is 9.84. The number of aromatic nitrogens is 3. The average Bonchev–Trinajstić information content (AvgIpc) is 3.36. The van der Waals surface area contributed by atoms with Crippen molar-refractivity contribution in [2.75, 3.05) is 0 Å². The minimum Gasteiger partial charge on any atom is -0.346 e. The van der Waals surface area contributed by atoms with Gasteiger partial charge < -0.3 is 5.32 Å². The summed E-state index contributed by atoms with van der Waals surface area (Å²) in [6.45, 7) is 8.58. The van der Waals surface area contributed by atoms with E-state index in [1.165, 1.54) is 36.0 Å². The summed E-state index contributed by atoms with van der Waals surface area (Å²) < 4.78 is 15.3. The van der Waals surface area contributed by atoms with Crippen LogP contribution in [0.4, 0.5) is 10.1 Å². The van der Waals surface area contributed by atoms with E-state index in [9.17, 15) is 19.3 Å². The molecule has 1 amide bonds. The van der Waals surface area contributed by atoms with Gasteiger partial charge in [-0.3, -0.25) is 19.5 Å². The van der Waals surface area contributed by atoms with Gasteiger partial charge in [-0.05, 0) is 59.6 Å². The van der Waals surface area contributed by atoms with Gasteiger partial charge in [0, 0.05) is 30.0 Å². The third-order valence-electron chi connectivity index (χ3n) is 6.68. The first-order valence-electron chi connectivity index (χ1n) is 13.9. The lowest BCUT2D eigenvalue weighted by Crippen LogP contribution is -2.33. The van der Waals surface area contributed by atoms with Crippen LogP contribution in [0.3, 0.4) is 0 Å². The largest absolute Gasteiger partial charge is 0.346 e. The van der Waals surface area contributed by atoms with E-state index in [-0.39, 0.29) is 28.7 Å². The second kappa shape index (κ2) is 13.7. The fourth-order valence-electron chi connectivity index (χ4n) is 5.04. The molecule has 2 atom stereocenters. The quantitative estimate of drug-likeness (QED) is 0.104. The monoisotopic (exact) mass is 589 g/mol. The average molecular weight is 590 g/mol. The molecule has 0 radical (unpaired) electrons. The third-order valence-corrected chi connectivity index (χ3v) is 7.68. The van der Waals surface area contributed by atoms with Gasteiger partial charge >= 0.3 is 0 Å². The molecule has 4 rings (SSSR count). The summed E-state index contributed by atoms with van der Waals surface area (Å²) >= 11 is 1.41. The first kappa shape index (κ1) is 30.9. The van der Waals surface area contributed by atoms with E-state index in [1.54, 1.807) is 24.3 Å². The number of carbonyl (C=O) groups excluding carboxylic acids is 1. The van der Waals surface area contributed by atoms with Gasteiger partial charge in [-0.2, -0.15) is 0 Å². The van der Waals surface area contributed by atoms with Crippen molar-refractivity contribution in [1.82, 2.24) is 20.1 Å². The molecule has 0 spiro atoms. The van der Waals surface area contributed by atoms with Crippen LogP contribution in [-0.4, -0.2) is 25.6 Å². The zero-order valence-electron chi connectivity index (χ0n) is 24.3. The standard InChI is InChI=1S/C32H36FN5O3S/c1-22(20-32(2,3)4)18-29(39)34-28(19-23-8-6-5-7-9-23)30-35-36-31(42-21-24-10-12-25(33)13-11-24)37(30)26-14-16-27(17-15-26)38(40)41/h5-17,22,28H,18-21H2,1-4H3,(H,34,39). The number of nitro groups is 1. The van der Waals surface area contributed by atoms with Crippen LogP contribution in [-0.2, 0) is 17.0 Å². The van der Waals surface area contributed by atoms with Crippen molar-refractivity contribution in [3.05, 3.63) is 112 Å². The van der Waals surface area contributed by atoms with Gasteiger partial charge in [0.15, 0.2) is 11.0 Å². The van der Waals surface area contributed by atoms with E-state index in [0.29, 0.717) is 35.3 Å². The summed E-state index contributed by atoms with van der Waals surface area (Å²) in [4.78, 5) is 24.2. The van der Waals surface area contributed by atoms with E-state index in [2.05, 4.69) is 43.2 Å². The summed E-state index contributed by atoms with van der Waals surface area (Å²) in [6.07, 6.45) is 1.77. The molecule has 4 aromatic rings. The molecule has 0 fully saturated rings. The lowest BCUT2D eigenvalue weighted by Gasteiger charge is -2.24. The van der Waals surface area contributed by atoms with Gasteiger partial charge in [0.1, 0.15) is 5.82 Å². The van der Waals surface area contributed by atoms with Crippen molar-refractivity contribution < 1.29 is 14.1 Å². The van der Waals surface area contributed by atoms with Crippen LogP contribution in [0.25, 0.3) is 5.69 Å². The molecule has 0 saturated carbocycles. The van der Waals surface area contributed by atoms with Crippen molar-refractivity contribution >= 4 is 23.4 Å². The number of benzene rings is 3. The van der Waals surface area contributed by atoms with Crippen LogP contribution in [0.2, 0.25) is 0 Å². The van der Waals surface area contributed by atoms with Crippen LogP contribution in [0.5, 0.6) is 0 Å². The smallest absolute Gasteiger partial charge is 0.269 e. The Kier molecular flexibility index (Phi) is 10.1. The minimum atomic E-state index is -0.510. The molecule has 1 N–H and O–H groups in total. The van der Waals surface area contributed by atoms with E-state index in [4.69, 9.17) is 0 Å². The molecule has 220 valence electrons.